The Hall–Kier alpha value is -2.08. The largest absolute Gasteiger partial charge is 0.377 e. The van der Waals surface area contributed by atoms with Crippen molar-refractivity contribution >= 4 is 17.6 Å². The van der Waals surface area contributed by atoms with Crippen molar-refractivity contribution in [2.24, 2.45) is 4.99 Å². The van der Waals surface area contributed by atoms with Crippen molar-refractivity contribution in [1.29, 1.82) is 0 Å². The molecule has 0 radical (unpaired) electrons. The van der Waals surface area contributed by atoms with Crippen LogP contribution >= 0.6 is 0 Å². The second-order valence-corrected chi connectivity index (χ2v) is 6.24. The second kappa shape index (κ2) is 9.93. The summed E-state index contributed by atoms with van der Waals surface area (Å²) in [7, 11) is 3.43. The van der Waals surface area contributed by atoms with E-state index in [0.29, 0.717) is 19.5 Å². The van der Waals surface area contributed by atoms with Crippen LogP contribution in [-0.2, 0) is 16.1 Å². The molecule has 1 rings (SSSR count). The fourth-order valence-electron chi connectivity index (χ4n) is 1.93. The Bertz CT molecular complexity index is 538. The number of methoxy groups -OCH3 is 1. The molecule has 0 aliphatic heterocycles. The van der Waals surface area contributed by atoms with Crippen LogP contribution < -0.4 is 16.0 Å². The molecule has 0 aromatic heterocycles. The minimum absolute atomic E-state index is 0.0498. The van der Waals surface area contributed by atoms with Gasteiger partial charge in [0.05, 0.1) is 5.60 Å². The number of carbonyl (C=O) groups is 1. The quantitative estimate of drug-likeness (QED) is 0.504. The zero-order valence-electron chi connectivity index (χ0n) is 15.4. The van der Waals surface area contributed by atoms with E-state index in [4.69, 9.17) is 4.74 Å². The number of aliphatic imine (C=N–C) groups is 1. The summed E-state index contributed by atoms with van der Waals surface area (Å²) in [5.74, 6) is 0.772. The van der Waals surface area contributed by atoms with E-state index in [-0.39, 0.29) is 11.5 Å². The van der Waals surface area contributed by atoms with Gasteiger partial charge in [-0.1, -0.05) is 19.1 Å². The molecule has 0 heterocycles. The summed E-state index contributed by atoms with van der Waals surface area (Å²) in [6, 6.07) is 7.80. The van der Waals surface area contributed by atoms with Gasteiger partial charge in [-0.05, 0) is 38.0 Å². The third-order valence-electron chi connectivity index (χ3n) is 3.63. The first-order chi connectivity index (χ1) is 11.4. The van der Waals surface area contributed by atoms with Crippen molar-refractivity contribution in [2.45, 2.75) is 45.8 Å². The van der Waals surface area contributed by atoms with Crippen molar-refractivity contribution in [3.63, 3.8) is 0 Å². The summed E-state index contributed by atoms with van der Waals surface area (Å²) in [4.78, 5) is 15.8. The maximum Gasteiger partial charge on any atom is 0.224 e. The highest BCUT2D eigenvalue weighted by Gasteiger charge is 2.16. The van der Waals surface area contributed by atoms with E-state index in [1.165, 1.54) is 0 Å². The molecule has 0 unspecified atom stereocenters. The number of ether oxygens (including phenoxy) is 1. The van der Waals surface area contributed by atoms with E-state index >= 15 is 0 Å². The number of guanidine groups is 1. The van der Waals surface area contributed by atoms with Crippen LogP contribution in [0.4, 0.5) is 5.69 Å². The van der Waals surface area contributed by atoms with Crippen molar-refractivity contribution in [3.8, 4) is 0 Å². The Balaban J connectivity index is 2.47. The molecule has 0 saturated heterocycles. The maximum atomic E-state index is 11.6. The number of anilines is 1. The van der Waals surface area contributed by atoms with E-state index in [1.54, 1.807) is 14.2 Å². The molecule has 0 saturated carbocycles. The van der Waals surface area contributed by atoms with E-state index in [1.807, 2.05) is 45.0 Å². The number of nitrogens with one attached hydrogen (secondary N) is 3. The van der Waals surface area contributed by atoms with Crippen LogP contribution in [-0.4, -0.2) is 38.2 Å². The molecule has 6 heteroatoms. The van der Waals surface area contributed by atoms with Gasteiger partial charge in [-0.25, -0.2) is 0 Å². The fourth-order valence-corrected chi connectivity index (χ4v) is 1.93. The molecule has 0 atom stereocenters. The zero-order chi connectivity index (χ0) is 18.0. The lowest BCUT2D eigenvalue weighted by Gasteiger charge is -2.24. The standard InChI is InChI=1S/C18H30N4O2/c1-6-7-16(23)22-15-10-8-14(9-11-15)12-20-17(19-4)21-13-18(2,3)24-5/h8-11H,6-7,12-13H2,1-5H3,(H,22,23)(H2,19,20,21). The third-order valence-corrected chi connectivity index (χ3v) is 3.63. The summed E-state index contributed by atoms with van der Waals surface area (Å²) < 4.78 is 5.38. The van der Waals surface area contributed by atoms with Gasteiger partial charge < -0.3 is 20.7 Å². The van der Waals surface area contributed by atoms with Gasteiger partial charge in [-0.15, -0.1) is 0 Å². The van der Waals surface area contributed by atoms with Gasteiger partial charge in [0.1, 0.15) is 0 Å². The third kappa shape index (κ3) is 7.46. The van der Waals surface area contributed by atoms with Crippen molar-refractivity contribution in [1.82, 2.24) is 10.6 Å². The predicted molar refractivity (Wildman–Crippen MR) is 99.3 cm³/mol. The number of nitrogens with zero attached hydrogens (tertiary/aromatic N) is 1. The number of amides is 1. The van der Waals surface area contributed by atoms with Crippen LogP contribution in [0, 0.1) is 0 Å². The zero-order valence-corrected chi connectivity index (χ0v) is 15.4. The molecular formula is C18H30N4O2. The Morgan fingerprint density at radius 2 is 1.88 bits per heavy atom. The van der Waals surface area contributed by atoms with Gasteiger partial charge in [-0.2, -0.15) is 0 Å². The topological polar surface area (TPSA) is 74.8 Å². The first-order valence-electron chi connectivity index (χ1n) is 8.28. The van der Waals surface area contributed by atoms with Crippen LogP contribution in [0.1, 0.15) is 39.2 Å². The summed E-state index contributed by atoms with van der Waals surface area (Å²) in [5.41, 5.74) is 1.68. The lowest BCUT2D eigenvalue weighted by Crippen LogP contribution is -2.45. The second-order valence-electron chi connectivity index (χ2n) is 6.24. The number of rotatable bonds is 8. The van der Waals surface area contributed by atoms with Gasteiger partial charge in [-0.3, -0.25) is 9.79 Å². The van der Waals surface area contributed by atoms with Crippen molar-refractivity contribution in [2.75, 3.05) is 26.0 Å². The monoisotopic (exact) mass is 334 g/mol. The molecule has 6 nitrogen and oxygen atoms in total. The summed E-state index contributed by atoms with van der Waals surface area (Å²) >= 11 is 0. The van der Waals surface area contributed by atoms with E-state index in [2.05, 4.69) is 20.9 Å². The first kappa shape index (κ1) is 20.0. The molecule has 1 aromatic rings. The molecule has 0 fully saturated rings. The molecule has 0 bridgehead atoms. The highest BCUT2D eigenvalue weighted by molar-refractivity contribution is 5.90. The lowest BCUT2D eigenvalue weighted by molar-refractivity contribution is -0.116. The van der Waals surface area contributed by atoms with E-state index in [9.17, 15) is 4.79 Å². The smallest absolute Gasteiger partial charge is 0.224 e. The van der Waals surface area contributed by atoms with Gasteiger partial charge in [0.2, 0.25) is 5.91 Å². The molecule has 24 heavy (non-hydrogen) atoms. The van der Waals surface area contributed by atoms with Crippen molar-refractivity contribution < 1.29 is 9.53 Å². The van der Waals surface area contributed by atoms with Crippen LogP contribution in [0.3, 0.4) is 0 Å². The minimum Gasteiger partial charge on any atom is -0.377 e. The summed E-state index contributed by atoms with van der Waals surface area (Å²) in [6.45, 7) is 7.32. The molecule has 1 aromatic carbocycles. The van der Waals surface area contributed by atoms with Crippen LogP contribution in [0.15, 0.2) is 29.3 Å². The molecule has 3 N–H and O–H groups in total. The molecule has 1 amide bonds. The SMILES string of the molecule is CCCC(=O)Nc1ccc(CNC(=NC)NCC(C)(C)OC)cc1. The van der Waals surface area contributed by atoms with Crippen molar-refractivity contribution in [3.05, 3.63) is 29.8 Å². The Morgan fingerprint density at radius 1 is 1.21 bits per heavy atom. The van der Waals surface area contributed by atoms with E-state index in [0.717, 1.165) is 23.6 Å². The average molecular weight is 334 g/mol. The molecule has 0 aliphatic rings. The molecule has 0 aliphatic carbocycles. The maximum absolute atomic E-state index is 11.6. The highest BCUT2D eigenvalue weighted by atomic mass is 16.5. The number of hydrogen-bond donors (Lipinski definition) is 3. The van der Waals surface area contributed by atoms with E-state index < -0.39 is 0 Å². The van der Waals surface area contributed by atoms with Gasteiger partial charge in [0.15, 0.2) is 5.96 Å². The Kier molecular flexibility index (Phi) is 8.26. The van der Waals surface area contributed by atoms with Crippen LogP contribution in [0.25, 0.3) is 0 Å². The molecular weight excluding hydrogens is 304 g/mol. The van der Waals surface area contributed by atoms with Gasteiger partial charge >= 0.3 is 0 Å². The summed E-state index contributed by atoms with van der Waals surface area (Å²) in [5, 5.41) is 9.38. The normalized spacial score (nSPS) is 12.0. The fraction of sp³-hybridized carbons (Fsp3) is 0.556. The Morgan fingerprint density at radius 3 is 2.42 bits per heavy atom. The van der Waals surface area contributed by atoms with Crippen LogP contribution in [0.2, 0.25) is 0 Å². The van der Waals surface area contributed by atoms with Gasteiger partial charge in [0.25, 0.3) is 0 Å². The number of benzene rings is 1. The summed E-state index contributed by atoms with van der Waals surface area (Å²) in [6.07, 6.45) is 1.39. The number of hydrogen-bond acceptors (Lipinski definition) is 3. The van der Waals surface area contributed by atoms with Crippen LogP contribution in [0.5, 0.6) is 0 Å². The van der Waals surface area contributed by atoms with Gasteiger partial charge in [0, 0.05) is 39.4 Å². The highest BCUT2D eigenvalue weighted by Crippen LogP contribution is 2.10. The molecule has 0 spiro atoms. The lowest BCUT2D eigenvalue weighted by atomic mass is 10.1. The first-order valence-corrected chi connectivity index (χ1v) is 8.28. The Labute approximate surface area is 145 Å². The predicted octanol–water partition coefficient (Wildman–Crippen LogP) is 2.52. The average Bonchev–Trinajstić information content (AvgIpc) is 2.56. The molecule has 134 valence electrons. The minimum atomic E-state index is -0.254. The number of carbonyl (C=O) groups excluding carboxylic acids is 1.